The molecule has 0 spiro atoms. The van der Waals surface area contributed by atoms with Crippen molar-refractivity contribution in [1.29, 1.82) is 0 Å². The molecule has 1 aliphatic rings. The predicted molar refractivity (Wildman–Crippen MR) is 68.9 cm³/mol. The molecule has 1 aliphatic heterocycles. The van der Waals surface area contributed by atoms with Crippen molar-refractivity contribution in [3.05, 3.63) is 35.4 Å². The summed E-state index contributed by atoms with van der Waals surface area (Å²) >= 11 is 0. The fourth-order valence-electron chi connectivity index (χ4n) is 2.35. The highest BCUT2D eigenvalue weighted by molar-refractivity contribution is 5.25. The van der Waals surface area contributed by atoms with E-state index in [4.69, 9.17) is 4.74 Å². The van der Waals surface area contributed by atoms with Gasteiger partial charge in [0.1, 0.15) is 0 Å². The summed E-state index contributed by atoms with van der Waals surface area (Å²) in [6.07, 6.45) is 2.48. The van der Waals surface area contributed by atoms with Crippen LogP contribution in [-0.4, -0.2) is 17.8 Å². The second-order valence-corrected chi connectivity index (χ2v) is 5.38. The lowest BCUT2D eigenvalue weighted by molar-refractivity contribution is -0.0447. The van der Waals surface area contributed by atoms with E-state index in [0.29, 0.717) is 12.5 Å². The average Bonchev–Trinajstić information content (AvgIpc) is 2.29. The van der Waals surface area contributed by atoms with Gasteiger partial charge in [-0.3, -0.25) is 0 Å². The van der Waals surface area contributed by atoms with Crippen LogP contribution in [0.3, 0.4) is 0 Å². The molecule has 1 saturated heterocycles. The number of rotatable bonds is 3. The molecule has 0 radical (unpaired) electrons. The van der Waals surface area contributed by atoms with Crippen LogP contribution in [-0.2, 0) is 11.2 Å². The van der Waals surface area contributed by atoms with Crippen LogP contribution in [0.5, 0.6) is 0 Å². The second-order valence-electron chi connectivity index (χ2n) is 5.38. The van der Waals surface area contributed by atoms with E-state index >= 15 is 0 Å². The van der Waals surface area contributed by atoms with E-state index in [1.54, 1.807) is 0 Å². The largest absolute Gasteiger partial charge is 0.393 e. The Morgan fingerprint density at radius 3 is 2.59 bits per heavy atom. The molecule has 0 bridgehead atoms. The van der Waals surface area contributed by atoms with Crippen molar-refractivity contribution < 1.29 is 9.84 Å². The molecule has 0 saturated carbocycles. The van der Waals surface area contributed by atoms with Crippen LogP contribution in [0.4, 0.5) is 0 Å². The van der Waals surface area contributed by atoms with E-state index in [1.807, 2.05) is 0 Å². The fraction of sp³-hybridized carbons (Fsp3) is 0.600. The predicted octanol–water partition coefficient (Wildman–Crippen LogP) is 3.10. The maximum Gasteiger partial charge on any atom is 0.0849 e. The van der Waals surface area contributed by atoms with Gasteiger partial charge in [0.15, 0.2) is 0 Å². The maximum atomic E-state index is 9.63. The van der Waals surface area contributed by atoms with Gasteiger partial charge < -0.3 is 9.84 Å². The Hall–Kier alpha value is -0.860. The van der Waals surface area contributed by atoms with Gasteiger partial charge in [0.25, 0.3) is 0 Å². The highest BCUT2D eigenvalue weighted by Gasteiger charge is 2.21. The molecule has 1 N–H and O–H groups in total. The topological polar surface area (TPSA) is 29.5 Å². The Morgan fingerprint density at radius 2 is 2.00 bits per heavy atom. The molecule has 2 unspecified atom stereocenters. The third-order valence-electron chi connectivity index (χ3n) is 3.25. The van der Waals surface area contributed by atoms with Crippen molar-refractivity contribution in [1.82, 2.24) is 0 Å². The lowest BCUT2D eigenvalue weighted by Gasteiger charge is -2.26. The molecule has 1 fully saturated rings. The Labute approximate surface area is 104 Å². The maximum absolute atomic E-state index is 9.63. The van der Waals surface area contributed by atoms with Gasteiger partial charge in [-0.15, -0.1) is 0 Å². The SMILES string of the molecule is CC(C)Cc1ccc(C2CC(O)CCO2)cc1. The molecule has 0 aliphatic carbocycles. The van der Waals surface area contributed by atoms with Crippen molar-refractivity contribution >= 4 is 0 Å². The normalized spacial score (nSPS) is 25.2. The first-order valence-electron chi connectivity index (χ1n) is 6.53. The first-order valence-corrected chi connectivity index (χ1v) is 6.53. The Bertz CT molecular complexity index is 342. The number of aliphatic hydroxyl groups excluding tert-OH is 1. The summed E-state index contributed by atoms with van der Waals surface area (Å²) in [7, 11) is 0. The zero-order valence-electron chi connectivity index (χ0n) is 10.7. The molecule has 1 aromatic carbocycles. The van der Waals surface area contributed by atoms with Crippen molar-refractivity contribution in [2.45, 2.75) is 45.3 Å². The van der Waals surface area contributed by atoms with Gasteiger partial charge in [-0.05, 0) is 29.9 Å². The summed E-state index contributed by atoms with van der Waals surface area (Å²) in [6, 6.07) is 8.64. The van der Waals surface area contributed by atoms with Crippen LogP contribution in [0.25, 0.3) is 0 Å². The van der Waals surface area contributed by atoms with Crippen LogP contribution in [0, 0.1) is 5.92 Å². The Morgan fingerprint density at radius 1 is 1.29 bits per heavy atom. The molecule has 94 valence electrons. The van der Waals surface area contributed by atoms with E-state index < -0.39 is 0 Å². The van der Waals surface area contributed by atoms with Gasteiger partial charge in [0.05, 0.1) is 12.2 Å². The Kier molecular flexibility index (Phi) is 4.19. The molecule has 0 amide bonds. The highest BCUT2D eigenvalue weighted by atomic mass is 16.5. The monoisotopic (exact) mass is 234 g/mol. The van der Waals surface area contributed by atoms with Crippen LogP contribution in [0.2, 0.25) is 0 Å². The van der Waals surface area contributed by atoms with E-state index in [0.717, 1.165) is 19.3 Å². The number of ether oxygens (including phenoxy) is 1. The van der Waals surface area contributed by atoms with Crippen molar-refractivity contribution in [3.63, 3.8) is 0 Å². The average molecular weight is 234 g/mol. The molecule has 0 aromatic heterocycles. The summed E-state index contributed by atoms with van der Waals surface area (Å²) in [4.78, 5) is 0. The minimum atomic E-state index is -0.205. The van der Waals surface area contributed by atoms with Crippen LogP contribution in [0.15, 0.2) is 24.3 Å². The summed E-state index contributed by atoms with van der Waals surface area (Å²) in [5, 5.41) is 9.63. The summed E-state index contributed by atoms with van der Waals surface area (Å²) in [5.74, 6) is 0.689. The molecule has 2 heteroatoms. The van der Waals surface area contributed by atoms with Gasteiger partial charge in [0, 0.05) is 13.0 Å². The minimum Gasteiger partial charge on any atom is -0.393 e. The van der Waals surface area contributed by atoms with Gasteiger partial charge in [-0.1, -0.05) is 38.1 Å². The second kappa shape index (κ2) is 5.65. The third kappa shape index (κ3) is 3.55. The van der Waals surface area contributed by atoms with Crippen molar-refractivity contribution in [3.8, 4) is 0 Å². The molecule has 2 nitrogen and oxygen atoms in total. The number of benzene rings is 1. The van der Waals surface area contributed by atoms with Gasteiger partial charge in [0.2, 0.25) is 0 Å². The molecule has 1 heterocycles. The molecule has 2 rings (SSSR count). The zero-order chi connectivity index (χ0) is 12.3. The standard InChI is InChI=1S/C15H22O2/c1-11(2)9-12-3-5-13(6-4-12)15-10-14(16)7-8-17-15/h3-6,11,14-16H,7-10H2,1-2H3. The Balaban J connectivity index is 2.01. The van der Waals surface area contributed by atoms with Crippen LogP contribution < -0.4 is 0 Å². The summed E-state index contributed by atoms with van der Waals surface area (Å²) in [5.41, 5.74) is 2.57. The quantitative estimate of drug-likeness (QED) is 0.870. The third-order valence-corrected chi connectivity index (χ3v) is 3.25. The van der Waals surface area contributed by atoms with Crippen LogP contribution in [0.1, 0.15) is 43.9 Å². The van der Waals surface area contributed by atoms with E-state index in [-0.39, 0.29) is 12.2 Å². The van der Waals surface area contributed by atoms with E-state index in [1.165, 1.54) is 11.1 Å². The van der Waals surface area contributed by atoms with Crippen molar-refractivity contribution in [2.75, 3.05) is 6.61 Å². The zero-order valence-corrected chi connectivity index (χ0v) is 10.7. The fourth-order valence-corrected chi connectivity index (χ4v) is 2.35. The molecule has 1 aromatic rings. The number of aliphatic hydroxyl groups is 1. The molecular weight excluding hydrogens is 212 g/mol. The summed E-state index contributed by atoms with van der Waals surface area (Å²) in [6.45, 7) is 5.13. The van der Waals surface area contributed by atoms with Crippen molar-refractivity contribution in [2.24, 2.45) is 5.92 Å². The first-order chi connectivity index (χ1) is 8.15. The van der Waals surface area contributed by atoms with Gasteiger partial charge in [-0.25, -0.2) is 0 Å². The number of hydrogen-bond donors (Lipinski definition) is 1. The van der Waals surface area contributed by atoms with Gasteiger partial charge >= 0.3 is 0 Å². The minimum absolute atomic E-state index is 0.0758. The van der Waals surface area contributed by atoms with Crippen LogP contribution >= 0.6 is 0 Å². The number of hydrogen-bond acceptors (Lipinski definition) is 2. The summed E-state index contributed by atoms with van der Waals surface area (Å²) < 4.78 is 5.70. The van der Waals surface area contributed by atoms with Gasteiger partial charge in [-0.2, -0.15) is 0 Å². The lowest BCUT2D eigenvalue weighted by atomic mass is 9.96. The van der Waals surface area contributed by atoms with E-state index in [9.17, 15) is 5.11 Å². The molecule has 2 atom stereocenters. The first kappa shape index (κ1) is 12.6. The van der Waals surface area contributed by atoms with E-state index in [2.05, 4.69) is 38.1 Å². The molecular formula is C15H22O2. The molecule has 17 heavy (non-hydrogen) atoms. The lowest BCUT2D eigenvalue weighted by Crippen LogP contribution is -2.23. The highest BCUT2D eigenvalue weighted by Crippen LogP contribution is 2.28. The smallest absolute Gasteiger partial charge is 0.0849 e.